The lowest BCUT2D eigenvalue weighted by Gasteiger charge is -2.13. The summed E-state index contributed by atoms with van der Waals surface area (Å²) in [6, 6.07) is 65.7. The van der Waals surface area contributed by atoms with Gasteiger partial charge in [0.2, 0.25) is 0 Å². The van der Waals surface area contributed by atoms with Crippen LogP contribution in [-0.2, 0) is 0 Å². The molecule has 3 heterocycles. The number of furan rings is 2. The monoisotopic (exact) mass is 765 g/mol. The third kappa shape index (κ3) is 4.96. The highest BCUT2D eigenvalue weighted by molar-refractivity contribution is 6.29. The van der Waals surface area contributed by atoms with Crippen LogP contribution in [0.1, 0.15) is 0 Å². The van der Waals surface area contributed by atoms with Crippen LogP contribution in [0.25, 0.3) is 132 Å². The Kier molecular flexibility index (Phi) is 6.95. The highest BCUT2D eigenvalue weighted by atomic mass is 16.3. The Hall–Kier alpha value is -8.15. The molecule has 0 aliphatic heterocycles. The van der Waals surface area contributed by atoms with Crippen molar-refractivity contribution in [2.24, 2.45) is 0 Å². The zero-order valence-electron chi connectivity index (χ0n) is 32.1. The molecule has 13 aromatic rings. The van der Waals surface area contributed by atoms with Crippen LogP contribution in [-0.4, -0.2) is 15.0 Å². The number of aromatic nitrogens is 3. The van der Waals surface area contributed by atoms with Gasteiger partial charge in [0.25, 0.3) is 0 Å². The Morgan fingerprint density at radius 1 is 0.283 bits per heavy atom. The zero-order chi connectivity index (χ0) is 39.3. The number of hydrogen-bond donors (Lipinski definition) is 0. The number of fused-ring (bicyclic) bond motifs is 13. The minimum atomic E-state index is 0.592. The molecule has 5 heteroatoms. The fourth-order valence-electron chi connectivity index (χ4n) is 9.26. The van der Waals surface area contributed by atoms with Crippen LogP contribution < -0.4 is 0 Å². The largest absolute Gasteiger partial charge is 0.456 e. The van der Waals surface area contributed by atoms with Crippen molar-refractivity contribution in [3.8, 4) is 45.3 Å². The van der Waals surface area contributed by atoms with Gasteiger partial charge in [0.1, 0.15) is 22.3 Å². The topological polar surface area (TPSA) is 65.0 Å². The van der Waals surface area contributed by atoms with E-state index in [1.165, 1.54) is 26.9 Å². The summed E-state index contributed by atoms with van der Waals surface area (Å²) in [4.78, 5) is 15.7. The van der Waals surface area contributed by atoms with E-state index in [0.29, 0.717) is 17.5 Å². The normalized spacial score (nSPS) is 12.0. The second kappa shape index (κ2) is 12.7. The molecule has 0 radical (unpaired) electrons. The molecule has 0 N–H and O–H groups in total. The van der Waals surface area contributed by atoms with E-state index in [2.05, 4.69) is 152 Å². The van der Waals surface area contributed by atoms with Crippen LogP contribution in [0.2, 0.25) is 0 Å². The fraction of sp³-hybridized carbons (Fsp3) is 0. The Morgan fingerprint density at radius 2 is 0.833 bits per heavy atom. The summed E-state index contributed by atoms with van der Waals surface area (Å²) >= 11 is 0. The van der Waals surface area contributed by atoms with Crippen molar-refractivity contribution < 1.29 is 8.83 Å². The average molecular weight is 766 g/mol. The first-order valence-corrected chi connectivity index (χ1v) is 20.2. The molecule has 60 heavy (non-hydrogen) atoms. The lowest BCUT2D eigenvalue weighted by atomic mass is 9.93. The Balaban J connectivity index is 1.01. The summed E-state index contributed by atoms with van der Waals surface area (Å²) in [5.41, 5.74) is 8.24. The molecular weight excluding hydrogens is 735 g/mol. The summed E-state index contributed by atoms with van der Waals surface area (Å²) in [6.07, 6.45) is 0. The first-order valence-electron chi connectivity index (χ1n) is 20.2. The van der Waals surface area contributed by atoms with Crippen LogP contribution in [0, 0.1) is 0 Å². The van der Waals surface area contributed by atoms with Crippen LogP contribution in [0.15, 0.2) is 197 Å². The van der Waals surface area contributed by atoms with E-state index in [-0.39, 0.29) is 0 Å². The number of hydrogen-bond acceptors (Lipinski definition) is 5. The van der Waals surface area contributed by atoms with E-state index in [1.807, 2.05) is 36.4 Å². The van der Waals surface area contributed by atoms with Gasteiger partial charge < -0.3 is 8.83 Å². The Morgan fingerprint density at radius 3 is 1.65 bits per heavy atom. The second-order valence-electron chi connectivity index (χ2n) is 15.5. The zero-order valence-corrected chi connectivity index (χ0v) is 32.1. The third-order valence-electron chi connectivity index (χ3n) is 12.1. The lowest BCUT2D eigenvalue weighted by molar-refractivity contribution is 0.669. The molecule has 0 aliphatic rings. The summed E-state index contributed by atoms with van der Waals surface area (Å²) in [7, 11) is 0. The van der Waals surface area contributed by atoms with Gasteiger partial charge in [-0.25, -0.2) is 15.0 Å². The molecule has 5 nitrogen and oxygen atoms in total. The van der Waals surface area contributed by atoms with Crippen molar-refractivity contribution in [2.45, 2.75) is 0 Å². The van der Waals surface area contributed by atoms with Crippen LogP contribution in [0.4, 0.5) is 0 Å². The predicted molar refractivity (Wildman–Crippen MR) is 246 cm³/mol. The van der Waals surface area contributed by atoms with Gasteiger partial charge in [-0.05, 0) is 85.7 Å². The molecule has 0 aliphatic carbocycles. The van der Waals surface area contributed by atoms with Crippen molar-refractivity contribution in [2.75, 3.05) is 0 Å². The molecular formula is C55H31N3O2. The van der Waals surface area contributed by atoms with E-state index in [9.17, 15) is 0 Å². The van der Waals surface area contributed by atoms with Gasteiger partial charge in [-0.15, -0.1) is 0 Å². The maximum Gasteiger partial charge on any atom is 0.164 e. The van der Waals surface area contributed by atoms with Crippen LogP contribution >= 0.6 is 0 Å². The molecule has 10 aromatic carbocycles. The van der Waals surface area contributed by atoms with Crippen molar-refractivity contribution in [1.82, 2.24) is 15.0 Å². The van der Waals surface area contributed by atoms with Gasteiger partial charge in [0, 0.05) is 49.2 Å². The first kappa shape index (κ1) is 32.9. The molecule has 13 rings (SSSR count). The van der Waals surface area contributed by atoms with Crippen LogP contribution in [0.3, 0.4) is 0 Å². The lowest BCUT2D eigenvalue weighted by Crippen LogP contribution is -2.01. The molecule has 0 spiro atoms. The Bertz CT molecular complexity index is 3900. The van der Waals surface area contributed by atoms with E-state index in [1.54, 1.807) is 0 Å². The first-order chi connectivity index (χ1) is 29.7. The molecule has 0 bridgehead atoms. The van der Waals surface area contributed by atoms with Gasteiger partial charge in [0.05, 0.1) is 0 Å². The maximum atomic E-state index is 6.72. The molecule has 0 unspecified atom stereocenters. The molecule has 3 aromatic heterocycles. The third-order valence-corrected chi connectivity index (χ3v) is 12.1. The van der Waals surface area contributed by atoms with E-state index in [4.69, 9.17) is 23.8 Å². The number of benzene rings is 10. The standard InChI is InChI=1S/C55H31N3O2/c1-4-14-39-32(11-1)23-26-36-30-44(52-51(50(36)39)43-18-8-10-20-48(43)60-52)33-21-24-34(25-22-33)53-56-54(37-27-28-49-45(31-37)42-17-7-9-19-47(42)59-49)58-55(57-53)46-29-35-12-2-3-13-38(35)40-15-5-6-16-41(40)46/h1-31H. The molecule has 0 fully saturated rings. The molecule has 0 atom stereocenters. The smallest absolute Gasteiger partial charge is 0.164 e. The van der Waals surface area contributed by atoms with Crippen LogP contribution in [0.5, 0.6) is 0 Å². The number of nitrogens with zero attached hydrogens (tertiary/aromatic N) is 3. The Labute approximate surface area is 342 Å². The maximum absolute atomic E-state index is 6.72. The van der Waals surface area contributed by atoms with Crippen molar-refractivity contribution in [3.63, 3.8) is 0 Å². The molecule has 0 amide bonds. The summed E-state index contributed by atoms with van der Waals surface area (Å²) in [5.74, 6) is 1.80. The van der Waals surface area contributed by atoms with E-state index in [0.717, 1.165) is 87.9 Å². The van der Waals surface area contributed by atoms with Gasteiger partial charge in [-0.3, -0.25) is 0 Å². The SMILES string of the molecule is c1ccc2c(c1)cc(-c1nc(-c3ccc(-c4cc5ccc6ccccc6c5c5c4oc4ccccc45)cc3)nc(-c3ccc4oc5ccccc5c4c3)n1)c1ccccc12. The van der Waals surface area contributed by atoms with Crippen molar-refractivity contribution in [1.29, 1.82) is 0 Å². The summed E-state index contributed by atoms with van der Waals surface area (Å²) < 4.78 is 12.9. The van der Waals surface area contributed by atoms with Crippen molar-refractivity contribution in [3.05, 3.63) is 188 Å². The minimum absolute atomic E-state index is 0.592. The average Bonchev–Trinajstić information content (AvgIpc) is 3.89. The van der Waals surface area contributed by atoms with E-state index >= 15 is 0 Å². The highest BCUT2D eigenvalue weighted by Crippen LogP contribution is 2.44. The molecule has 0 saturated heterocycles. The summed E-state index contributed by atoms with van der Waals surface area (Å²) in [6.45, 7) is 0. The highest BCUT2D eigenvalue weighted by Gasteiger charge is 2.20. The predicted octanol–water partition coefficient (Wildman–Crippen LogP) is 15.0. The minimum Gasteiger partial charge on any atom is -0.456 e. The van der Waals surface area contributed by atoms with Gasteiger partial charge >= 0.3 is 0 Å². The quantitative estimate of drug-likeness (QED) is 0.167. The molecule has 0 saturated carbocycles. The van der Waals surface area contributed by atoms with Gasteiger partial charge in [0.15, 0.2) is 17.5 Å². The number of para-hydroxylation sites is 2. The second-order valence-corrected chi connectivity index (χ2v) is 15.5. The number of rotatable bonds is 4. The van der Waals surface area contributed by atoms with Crippen molar-refractivity contribution >= 4 is 87.0 Å². The fourth-order valence-corrected chi connectivity index (χ4v) is 9.26. The molecule has 278 valence electrons. The van der Waals surface area contributed by atoms with Gasteiger partial charge in [-0.2, -0.15) is 0 Å². The van der Waals surface area contributed by atoms with E-state index < -0.39 is 0 Å². The van der Waals surface area contributed by atoms with Gasteiger partial charge in [-0.1, -0.05) is 146 Å². The summed E-state index contributed by atoms with van der Waals surface area (Å²) in [5, 5.41) is 13.7.